The van der Waals surface area contributed by atoms with Crippen LogP contribution in [0.15, 0.2) is 199 Å². The number of hydrogen-bond donors (Lipinski definition) is 0. The number of fused-ring (bicyclic) bond motifs is 7. The summed E-state index contributed by atoms with van der Waals surface area (Å²) in [6.07, 6.45) is 0. The van der Waals surface area contributed by atoms with E-state index in [1.807, 2.05) is 66.7 Å². The molecule has 0 bridgehead atoms. The average Bonchev–Trinajstić information content (AvgIpc) is 3.83. The van der Waals surface area contributed by atoms with Crippen molar-refractivity contribution in [1.82, 2.24) is 19.5 Å². The van der Waals surface area contributed by atoms with Crippen LogP contribution in [0.2, 0.25) is 0 Å². The summed E-state index contributed by atoms with van der Waals surface area (Å²) in [4.78, 5) is 15.3. The predicted molar refractivity (Wildman–Crippen MR) is 229 cm³/mol. The maximum Gasteiger partial charge on any atom is 0.164 e. The highest BCUT2D eigenvalue weighted by atomic mass is 16.3. The lowest BCUT2D eigenvalue weighted by Crippen LogP contribution is -2.01. The summed E-state index contributed by atoms with van der Waals surface area (Å²) in [5.74, 6) is 1.86. The van der Waals surface area contributed by atoms with Gasteiger partial charge in [-0.05, 0) is 70.8 Å². The molecule has 0 saturated carbocycles. The largest absolute Gasteiger partial charge is 0.455 e. The van der Waals surface area contributed by atoms with Crippen molar-refractivity contribution in [2.24, 2.45) is 0 Å². The quantitative estimate of drug-likeness (QED) is 0.172. The highest BCUT2D eigenvalue weighted by Gasteiger charge is 2.21. The van der Waals surface area contributed by atoms with Crippen molar-refractivity contribution in [3.8, 4) is 62.1 Å². The first-order valence-electron chi connectivity index (χ1n) is 18.8. The first-order chi connectivity index (χ1) is 27.8. The van der Waals surface area contributed by atoms with Gasteiger partial charge >= 0.3 is 0 Å². The van der Waals surface area contributed by atoms with Crippen LogP contribution in [0.5, 0.6) is 0 Å². The first kappa shape index (κ1) is 31.9. The second-order valence-corrected chi connectivity index (χ2v) is 14.0. The van der Waals surface area contributed by atoms with Gasteiger partial charge in [0, 0.05) is 38.5 Å². The summed E-state index contributed by atoms with van der Waals surface area (Å²) in [7, 11) is 0. The molecule has 0 aliphatic rings. The van der Waals surface area contributed by atoms with Crippen LogP contribution in [-0.2, 0) is 0 Å². The Bertz CT molecular complexity index is 3170. The molecule has 0 N–H and O–H groups in total. The minimum absolute atomic E-state index is 0.609. The molecule has 11 aromatic rings. The molecule has 56 heavy (non-hydrogen) atoms. The lowest BCUT2D eigenvalue weighted by atomic mass is 9.93. The van der Waals surface area contributed by atoms with E-state index in [-0.39, 0.29) is 0 Å². The van der Waals surface area contributed by atoms with Crippen LogP contribution in [0.25, 0.3) is 106 Å². The zero-order valence-electron chi connectivity index (χ0n) is 30.2. The van der Waals surface area contributed by atoms with Crippen LogP contribution in [-0.4, -0.2) is 19.5 Å². The van der Waals surface area contributed by atoms with Gasteiger partial charge in [-0.25, -0.2) is 15.0 Å². The molecular formula is C51H32N4O. The van der Waals surface area contributed by atoms with Gasteiger partial charge in [-0.15, -0.1) is 0 Å². The Morgan fingerprint density at radius 1 is 0.357 bits per heavy atom. The van der Waals surface area contributed by atoms with E-state index < -0.39 is 0 Å². The zero-order chi connectivity index (χ0) is 37.0. The van der Waals surface area contributed by atoms with Gasteiger partial charge in [0.05, 0.1) is 16.4 Å². The Hall–Kier alpha value is -7.63. The van der Waals surface area contributed by atoms with E-state index >= 15 is 0 Å². The number of furan rings is 1. The van der Waals surface area contributed by atoms with E-state index in [0.29, 0.717) is 17.5 Å². The Labute approximate surface area is 322 Å². The third-order valence-corrected chi connectivity index (χ3v) is 10.7. The molecule has 0 spiro atoms. The lowest BCUT2D eigenvalue weighted by Gasteiger charge is -2.14. The smallest absolute Gasteiger partial charge is 0.164 e. The molecule has 0 aliphatic carbocycles. The minimum Gasteiger partial charge on any atom is -0.455 e. The fraction of sp³-hybridized carbons (Fsp3) is 0. The van der Waals surface area contributed by atoms with E-state index in [9.17, 15) is 0 Å². The van der Waals surface area contributed by atoms with Crippen molar-refractivity contribution in [3.05, 3.63) is 194 Å². The van der Waals surface area contributed by atoms with Gasteiger partial charge in [-0.1, -0.05) is 146 Å². The van der Waals surface area contributed by atoms with Gasteiger partial charge in [0.2, 0.25) is 0 Å². The fourth-order valence-electron chi connectivity index (χ4n) is 8.03. The topological polar surface area (TPSA) is 56.7 Å². The third kappa shape index (κ3) is 5.29. The Balaban J connectivity index is 1.14. The normalized spacial score (nSPS) is 11.6. The zero-order valence-corrected chi connectivity index (χ0v) is 30.2. The molecule has 0 fully saturated rings. The maximum absolute atomic E-state index is 6.79. The Kier molecular flexibility index (Phi) is 7.42. The maximum atomic E-state index is 6.79. The lowest BCUT2D eigenvalue weighted by molar-refractivity contribution is 0.673. The summed E-state index contributed by atoms with van der Waals surface area (Å²) < 4.78 is 9.11. The summed E-state index contributed by atoms with van der Waals surface area (Å²) in [6.45, 7) is 0. The molecule has 0 saturated heterocycles. The molecule has 0 atom stereocenters. The minimum atomic E-state index is 0.609. The molecule has 11 rings (SSSR count). The van der Waals surface area contributed by atoms with Gasteiger partial charge in [-0.2, -0.15) is 0 Å². The summed E-state index contributed by atoms with van der Waals surface area (Å²) in [5.41, 5.74) is 12.2. The van der Waals surface area contributed by atoms with Gasteiger partial charge < -0.3 is 8.98 Å². The molecule has 0 aliphatic heterocycles. The van der Waals surface area contributed by atoms with E-state index in [1.165, 1.54) is 0 Å². The Morgan fingerprint density at radius 2 is 0.946 bits per heavy atom. The predicted octanol–water partition coefficient (Wildman–Crippen LogP) is 13.2. The highest BCUT2D eigenvalue weighted by Crippen LogP contribution is 2.43. The number of hydrogen-bond acceptors (Lipinski definition) is 4. The number of aromatic nitrogens is 4. The molecule has 3 heterocycles. The van der Waals surface area contributed by atoms with Crippen molar-refractivity contribution < 1.29 is 4.42 Å². The second-order valence-electron chi connectivity index (χ2n) is 14.0. The number of benzene rings is 8. The molecule has 5 nitrogen and oxygen atoms in total. The molecule has 0 unspecified atom stereocenters. The fourth-order valence-corrected chi connectivity index (χ4v) is 8.03. The summed E-state index contributed by atoms with van der Waals surface area (Å²) >= 11 is 0. The summed E-state index contributed by atoms with van der Waals surface area (Å²) in [5, 5.41) is 4.40. The van der Waals surface area contributed by atoms with Crippen LogP contribution in [0.1, 0.15) is 0 Å². The van der Waals surface area contributed by atoms with E-state index in [2.05, 4.69) is 132 Å². The number of para-hydroxylation sites is 2. The van der Waals surface area contributed by atoms with Gasteiger partial charge in [0.15, 0.2) is 17.5 Å². The third-order valence-electron chi connectivity index (χ3n) is 10.7. The van der Waals surface area contributed by atoms with Gasteiger partial charge in [-0.3, -0.25) is 0 Å². The number of rotatable bonds is 6. The van der Waals surface area contributed by atoms with Crippen molar-refractivity contribution in [1.29, 1.82) is 0 Å². The summed E-state index contributed by atoms with van der Waals surface area (Å²) in [6, 6.07) is 67.3. The van der Waals surface area contributed by atoms with E-state index in [4.69, 9.17) is 19.4 Å². The van der Waals surface area contributed by atoms with Crippen molar-refractivity contribution in [3.63, 3.8) is 0 Å². The molecule has 0 radical (unpaired) electrons. The molecule has 3 aromatic heterocycles. The van der Waals surface area contributed by atoms with Gasteiger partial charge in [0.25, 0.3) is 0 Å². The molecule has 262 valence electrons. The molecule has 0 amide bonds. The van der Waals surface area contributed by atoms with E-state index in [1.54, 1.807) is 0 Å². The van der Waals surface area contributed by atoms with E-state index in [0.717, 1.165) is 88.4 Å². The van der Waals surface area contributed by atoms with Crippen molar-refractivity contribution >= 4 is 43.7 Å². The SMILES string of the molecule is c1ccc(-c2ccc(-c3ccc4oc5c(ccc6c5c5ccccc5n6-c5ccccc5)c4c3)c(-c3nc(-c4ccccc4)nc(-c4ccccc4)n3)c2)cc1. The first-order valence-corrected chi connectivity index (χ1v) is 18.8. The van der Waals surface area contributed by atoms with Crippen LogP contribution in [0.4, 0.5) is 0 Å². The Morgan fingerprint density at radius 3 is 1.64 bits per heavy atom. The van der Waals surface area contributed by atoms with Crippen LogP contribution < -0.4 is 0 Å². The van der Waals surface area contributed by atoms with Crippen LogP contribution >= 0.6 is 0 Å². The van der Waals surface area contributed by atoms with Crippen molar-refractivity contribution in [2.45, 2.75) is 0 Å². The second kappa shape index (κ2) is 13.0. The van der Waals surface area contributed by atoms with Crippen LogP contribution in [0, 0.1) is 0 Å². The molecular weight excluding hydrogens is 685 g/mol. The van der Waals surface area contributed by atoms with Gasteiger partial charge in [0.1, 0.15) is 11.2 Å². The molecule has 8 aromatic carbocycles. The highest BCUT2D eigenvalue weighted by molar-refractivity contribution is 6.24. The van der Waals surface area contributed by atoms with Crippen molar-refractivity contribution in [2.75, 3.05) is 0 Å². The number of nitrogens with zero attached hydrogens (tertiary/aromatic N) is 4. The monoisotopic (exact) mass is 716 g/mol. The van der Waals surface area contributed by atoms with Crippen LogP contribution in [0.3, 0.4) is 0 Å². The average molecular weight is 717 g/mol. The molecule has 5 heteroatoms. The standard InChI is InChI=1S/C51H32N4O/c1-5-15-33(16-6-1)36-25-27-39(43(31-36)51-53-49(34-17-7-2-8-18-34)52-50(54-51)35-19-9-3-10-20-35)37-26-30-46-42(32-37)40-28-29-45-47(48(40)56-46)41-23-13-14-24-44(41)55(45)38-21-11-4-12-22-38/h1-32H.